The number of amidine groups is 1. The van der Waals surface area contributed by atoms with Crippen LogP contribution in [0, 0.1) is 0 Å². The third-order valence-corrected chi connectivity index (χ3v) is 3.49. The molecule has 90 valence electrons. The second-order valence-corrected chi connectivity index (χ2v) is 4.93. The highest BCUT2D eigenvalue weighted by Crippen LogP contribution is 2.14. The van der Waals surface area contributed by atoms with Gasteiger partial charge in [0.1, 0.15) is 5.84 Å². The molecule has 0 saturated carbocycles. The molecule has 0 aliphatic carbocycles. The van der Waals surface area contributed by atoms with Crippen molar-refractivity contribution in [2.75, 3.05) is 7.05 Å². The Morgan fingerprint density at radius 3 is 2.40 bits per heavy atom. The van der Waals surface area contributed by atoms with Crippen molar-refractivity contribution in [3.8, 4) is 0 Å². The van der Waals surface area contributed by atoms with Crippen molar-refractivity contribution in [1.82, 2.24) is 4.31 Å². The monoisotopic (exact) mass is 245 g/mol. The third kappa shape index (κ3) is 3.59. The summed E-state index contributed by atoms with van der Waals surface area (Å²) in [5.74, 6) is -3.70. The molecule has 0 saturated heterocycles. The summed E-state index contributed by atoms with van der Waals surface area (Å²) >= 11 is 0. The van der Waals surface area contributed by atoms with Crippen LogP contribution >= 0.6 is 0 Å². The Balaban J connectivity index is 4.66. The van der Waals surface area contributed by atoms with Gasteiger partial charge in [-0.15, -0.1) is 0 Å². The number of halogens is 2. The molecule has 0 fully saturated rings. The molecule has 1 unspecified atom stereocenters. The lowest BCUT2D eigenvalue weighted by molar-refractivity contribution is 0.217. The maximum absolute atomic E-state index is 12.1. The van der Waals surface area contributed by atoms with Gasteiger partial charge in [0.15, 0.2) is 0 Å². The minimum Gasteiger partial charge on any atom is -0.409 e. The van der Waals surface area contributed by atoms with Crippen LogP contribution in [0.3, 0.4) is 0 Å². The van der Waals surface area contributed by atoms with Crippen LogP contribution in [-0.2, 0) is 10.0 Å². The van der Waals surface area contributed by atoms with Gasteiger partial charge in [-0.1, -0.05) is 5.16 Å². The van der Waals surface area contributed by atoms with Crippen molar-refractivity contribution in [3.05, 3.63) is 0 Å². The van der Waals surface area contributed by atoms with Gasteiger partial charge < -0.3 is 10.9 Å². The fraction of sp³-hybridized carbons (Fsp3) is 0.833. The van der Waals surface area contributed by atoms with E-state index in [0.717, 1.165) is 7.05 Å². The number of hydrogen-bond acceptors (Lipinski definition) is 4. The molecule has 0 aliphatic heterocycles. The first kappa shape index (κ1) is 14.0. The zero-order chi connectivity index (χ0) is 12.2. The molecule has 0 aromatic carbocycles. The second-order valence-electron chi connectivity index (χ2n) is 2.97. The molecule has 0 radical (unpaired) electrons. The summed E-state index contributed by atoms with van der Waals surface area (Å²) in [5.41, 5.74) is 5.12. The Labute approximate surface area is 86.4 Å². The highest BCUT2D eigenvalue weighted by Gasteiger charge is 2.32. The van der Waals surface area contributed by atoms with Gasteiger partial charge in [0.05, 0.1) is 0 Å². The lowest BCUT2D eigenvalue weighted by atomic mass is 10.2. The zero-order valence-corrected chi connectivity index (χ0v) is 9.08. The van der Waals surface area contributed by atoms with E-state index in [2.05, 4.69) is 5.16 Å². The van der Waals surface area contributed by atoms with Gasteiger partial charge in [0.2, 0.25) is 0 Å². The van der Waals surface area contributed by atoms with Crippen molar-refractivity contribution in [1.29, 1.82) is 0 Å². The summed E-state index contributed by atoms with van der Waals surface area (Å²) in [6, 6.07) is -0.806. The Bertz CT molecular complexity index is 331. The molecule has 3 N–H and O–H groups in total. The average molecular weight is 245 g/mol. The largest absolute Gasteiger partial charge is 0.409 e. The van der Waals surface area contributed by atoms with Crippen LogP contribution in [0.5, 0.6) is 0 Å². The number of hydrogen-bond donors (Lipinski definition) is 2. The van der Waals surface area contributed by atoms with E-state index in [9.17, 15) is 17.2 Å². The Kier molecular flexibility index (Phi) is 4.88. The molecule has 6 nitrogen and oxygen atoms in total. The minimum absolute atomic E-state index is 0.126. The second kappa shape index (κ2) is 5.21. The fourth-order valence-electron chi connectivity index (χ4n) is 0.849. The number of nitrogens with two attached hydrogens (primary N) is 1. The van der Waals surface area contributed by atoms with Crippen LogP contribution in [0.1, 0.15) is 13.3 Å². The predicted octanol–water partition coefficient (Wildman–Crippen LogP) is -0.00440. The van der Waals surface area contributed by atoms with Crippen LogP contribution in [0.2, 0.25) is 0 Å². The molecule has 0 heterocycles. The summed E-state index contributed by atoms with van der Waals surface area (Å²) in [4.78, 5) is 0. The first-order chi connectivity index (χ1) is 6.73. The first-order valence-corrected chi connectivity index (χ1v) is 5.45. The fourth-order valence-corrected chi connectivity index (χ4v) is 1.68. The van der Waals surface area contributed by atoms with Gasteiger partial charge in [-0.3, -0.25) is 0 Å². The lowest BCUT2D eigenvalue weighted by Crippen LogP contribution is -2.40. The van der Waals surface area contributed by atoms with E-state index >= 15 is 0 Å². The van der Waals surface area contributed by atoms with E-state index in [4.69, 9.17) is 10.9 Å². The van der Waals surface area contributed by atoms with Gasteiger partial charge in [-0.25, -0.2) is 8.42 Å². The first-order valence-electron chi connectivity index (χ1n) is 3.94. The molecule has 0 amide bonds. The van der Waals surface area contributed by atoms with Crippen LogP contribution in [0.25, 0.3) is 0 Å². The Hall–Kier alpha value is -0.960. The minimum atomic E-state index is -4.62. The molecule has 0 rings (SSSR count). The predicted molar refractivity (Wildman–Crippen MR) is 50.2 cm³/mol. The van der Waals surface area contributed by atoms with Crippen molar-refractivity contribution < 1.29 is 22.4 Å². The molecular weight excluding hydrogens is 232 g/mol. The summed E-state index contributed by atoms with van der Waals surface area (Å²) in [7, 11) is -3.61. The van der Waals surface area contributed by atoms with E-state index in [0.29, 0.717) is 4.31 Å². The van der Waals surface area contributed by atoms with Gasteiger partial charge in [-0.2, -0.15) is 13.1 Å². The summed E-state index contributed by atoms with van der Waals surface area (Å²) in [6.45, 7) is 1.37. The summed E-state index contributed by atoms with van der Waals surface area (Å²) < 4.78 is 46.6. The van der Waals surface area contributed by atoms with E-state index in [1.54, 1.807) is 0 Å². The molecular formula is C6H13F2N3O3S. The van der Waals surface area contributed by atoms with E-state index in [1.165, 1.54) is 6.92 Å². The quantitative estimate of drug-likeness (QED) is 0.308. The number of sulfonamides is 1. The topological polar surface area (TPSA) is 96.0 Å². The summed E-state index contributed by atoms with van der Waals surface area (Å²) in [6.07, 6.45) is -0.126. The van der Waals surface area contributed by atoms with Gasteiger partial charge in [0.25, 0.3) is 10.0 Å². The molecule has 1 atom stereocenters. The number of oxime groups is 1. The zero-order valence-electron chi connectivity index (χ0n) is 8.26. The van der Waals surface area contributed by atoms with Crippen LogP contribution in [0.4, 0.5) is 8.78 Å². The smallest absolute Gasteiger partial charge is 0.350 e. The maximum Gasteiger partial charge on any atom is 0.350 e. The van der Waals surface area contributed by atoms with Gasteiger partial charge >= 0.3 is 5.76 Å². The van der Waals surface area contributed by atoms with E-state index in [1.807, 2.05) is 0 Å². The van der Waals surface area contributed by atoms with Crippen molar-refractivity contribution >= 4 is 15.9 Å². The average Bonchev–Trinajstić information content (AvgIpc) is 2.15. The van der Waals surface area contributed by atoms with Gasteiger partial charge in [0, 0.05) is 19.5 Å². The van der Waals surface area contributed by atoms with Crippen molar-refractivity contribution in [2.24, 2.45) is 10.9 Å². The Morgan fingerprint density at radius 1 is 1.60 bits per heavy atom. The standard InChI is InChI=1S/C6H13F2N3O3S/c1-4(3-5(9)10-12)11(2)15(13,14)6(7)8/h4,6,12H,3H2,1-2H3,(H2,9,10). The van der Waals surface area contributed by atoms with E-state index < -0.39 is 21.8 Å². The molecule has 0 aromatic heterocycles. The van der Waals surface area contributed by atoms with Crippen LogP contribution in [0.15, 0.2) is 5.16 Å². The lowest BCUT2D eigenvalue weighted by Gasteiger charge is -2.23. The third-order valence-electron chi connectivity index (χ3n) is 1.88. The summed E-state index contributed by atoms with van der Waals surface area (Å²) in [5, 5.41) is 10.8. The molecule has 0 bridgehead atoms. The highest BCUT2D eigenvalue weighted by atomic mass is 32.2. The molecule has 0 aromatic rings. The molecule has 0 aliphatic rings. The van der Waals surface area contributed by atoms with Crippen molar-refractivity contribution in [2.45, 2.75) is 25.1 Å². The van der Waals surface area contributed by atoms with Crippen LogP contribution < -0.4 is 5.73 Å². The van der Waals surface area contributed by atoms with E-state index in [-0.39, 0.29) is 12.3 Å². The number of nitrogens with zero attached hydrogens (tertiary/aromatic N) is 2. The van der Waals surface area contributed by atoms with Crippen LogP contribution in [-0.4, -0.2) is 42.6 Å². The number of alkyl halides is 2. The van der Waals surface area contributed by atoms with Crippen molar-refractivity contribution in [3.63, 3.8) is 0 Å². The normalized spacial score (nSPS) is 16.0. The SMILES string of the molecule is CC(CC(N)=NO)N(C)S(=O)(=O)C(F)F. The van der Waals surface area contributed by atoms with Gasteiger partial charge in [-0.05, 0) is 6.92 Å². The molecule has 0 spiro atoms. The molecule has 9 heteroatoms. The Morgan fingerprint density at radius 2 is 2.07 bits per heavy atom. The molecule has 15 heavy (non-hydrogen) atoms. The maximum atomic E-state index is 12.1. The number of rotatable bonds is 5. The highest BCUT2D eigenvalue weighted by molar-refractivity contribution is 7.89.